The SMILES string of the molecule is NC(=O)c1cccc(N2CCCC2)c1. The quantitative estimate of drug-likeness (QED) is 0.766. The average molecular weight is 190 g/mol. The van der Waals surface area contributed by atoms with E-state index in [1.54, 1.807) is 6.07 Å². The zero-order valence-electron chi connectivity index (χ0n) is 8.07. The summed E-state index contributed by atoms with van der Waals surface area (Å²) in [5, 5.41) is 0. The van der Waals surface area contributed by atoms with Crippen molar-refractivity contribution in [3.8, 4) is 0 Å². The molecule has 3 heteroatoms. The number of anilines is 1. The second-order valence-corrected chi connectivity index (χ2v) is 3.61. The number of hydrogen-bond acceptors (Lipinski definition) is 2. The predicted octanol–water partition coefficient (Wildman–Crippen LogP) is 1.39. The molecule has 1 aromatic rings. The van der Waals surface area contributed by atoms with Crippen LogP contribution in [0.2, 0.25) is 0 Å². The van der Waals surface area contributed by atoms with E-state index < -0.39 is 0 Å². The molecule has 0 spiro atoms. The smallest absolute Gasteiger partial charge is 0.248 e. The van der Waals surface area contributed by atoms with Crippen LogP contribution in [0.1, 0.15) is 23.2 Å². The molecule has 0 bridgehead atoms. The summed E-state index contributed by atoms with van der Waals surface area (Å²) in [5.41, 5.74) is 6.93. The van der Waals surface area contributed by atoms with E-state index in [0.29, 0.717) is 5.56 Å². The van der Waals surface area contributed by atoms with Gasteiger partial charge in [-0.1, -0.05) is 6.07 Å². The fourth-order valence-corrected chi connectivity index (χ4v) is 1.83. The Kier molecular flexibility index (Phi) is 2.39. The predicted molar refractivity (Wildman–Crippen MR) is 56.4 cm³/mol. The van der Waals surface area contributed by atoms with E-state index in [1.807, 2.05) is 18.2 Å². The molecule has 1 saturated heterocycles. The molecule has 0 radical (unpaired) electrons. The number of rotatable bonds is 2. The lowest BCUT2D eigenvalue weighted by Crippen LogP contribution is -2.18. The van der Waals surface area contributed by atoms with Crippen molar-refractivity contribution >= 4 is 11.6 Å². The van der Waals surface area contributed by atoms with Crippen LogP contribution in [0.3, 0.4) is 0 Å². The number of hydrogen-bond donors (Lipinski definition) is 1. The summed E-state index contributed by atoms with van der Waals surface area (Å²) in [4.78, 5) is 13.3. The first kappa shape index (κ1) is 9.06. The molecule has 1 aliphatic rings. The third kappa shape index (κ3) is 1.71. The summed E-state index contributed by atoms with van der Waals surface area (Å²) in [6, 6.07) is 7.53. The third-order valence-electron chi connectivity index (χ3n) is 2.60. The first-order valence-electron chi connectivity index (χ1n) is 4.92. The molecule has 74 valence electrons. The van der Waals surface area contributed by atoms with Gasteiger partial charge in [-0.2, -0.15) is 0 Å². The summed E-state index contributed by atoms with van der Waals surface area (Å²) < 4.78 is 0. The number of nitrogens with zero attached hydrogens (tertiary/aromatic N) is 1. The second-order valence-electron chi connectivity index (χ2n) is 3.61. The molecule has 1 fully saturated rings. The molecule has 1 amide bonds. The number of primary amides is 1. The average Bonchev–Trinajstić information content (AvgIpc) is 2.71. The third-order valence-corrected chi connectivity index (χ3v) is 2.60. The van der Waals surface area contributed by atoms with E-state index in [4.69, 9.17) is 5.73 Å². The van der Waals surface area contributed by atoms with E-state index in [-0.39, 0.29) is 5.91 Å². The van der Waals surface area contributed by atoms with Gasteiger partial charge in [0.25, 0.3) is 0 Å². The molecule has 0 aliphatic carbocycles. The van der Waals surface area contributed by atoms with Crippen molar-refractivity contribution in [3.63, 3.8) is 0 Å². The summed E-state index contributed by atoms with van der Waals surface area (Å²) >= 11 is 0. The van der Waals surface area contributed by atoms with Crippen molar-refractivity contribution in [1.82, 2.24) is 0 Å². The lowest BCUT2D eigenvalue weighted by Gasteiger charge is -2.17. The molecule has 0 saturated carbocycles. The summed E-state index contributed by atoms with van der Waals surface area (Å²) in [6.45, 7) is 2.17. The Bertz CT molecular complexity index is 343. The fourth-order valence-electron chi connectivity index (χ4n) is 1.83. The van der Waals surface area contributed by atoms with Crippen LogP contribution in [-0.2, 0) is 0 Å². The van der Waals surface area contributed by atoms with Crippen molar-refractivity contribution in [3.05, 3.63) is 29.8 Å². The molecule has 3 nitrogen and oxygen atoms in total. The van der Waals surface area contributed by atoms with Crippen LogP contribution in [0.25, 0.3) is 0 Å². The van der Waals surface area contributed by atoms with Gasteiger partial charge in [0, 0.05) is 24.3 Å². The minimum Gasteiger partial charge on any atom is -0.372 e. The molecule has 2 N–H and O–H groups in total. The highest BCUT2D eigenvalue weighted by Gasteiger charge is 2.12. The van der Waals surface area contributed by atoms with Gasteiger partial charge >= 0.3 is 0 Å². The van der Waals surface area contributed by atoms with Gasteiger partial charge in [0.05, 0.1) is 0 Å². The molecular weight excluding hydrogens is 176 g/mol. The van der Waals surface area contributed by atoms with E-state index >= 15 is 0 Å². The minimum absolute atomic E-state index is 0.356. The monoisotopic (exact) mass is 190 g/mol. The van der Waals surface area contributed by atoms with Gasteiger partial charge in [-0.25, -0.2) is 0 Å². The molecule has 0 atom stereocenters. The molecule has 1 heterocycles. The van der Waals surface area contributed by atoms with Gasteiger partial charge in [-0.3, -0.25) is 4.79 Å². The van der Waals surface area contributed by atoms with Crippen molar-refractivity contribution < 1.29 is 4.79 Å². The number of carbonyl (C=O) groups excluding carboxylic acids is 1. The van der Waals surface area contributed by atoms with Crippen LogP contribution in [0.5, 0.6) is 0 Å². The summed E-state index contributed by atoms with van der Waals surface area (Å²) in [5.74, 6) is -0.356. The molecule has 0 unspecified atom stereocenters. The Morgan fingerprint density at radius 1 is 1.29 bits per heavy atom. The summed E-state index contributed by atoms with van der Waals surface area (Å²) in [7, 11) is 0. The van der Waals surface area contributed by atoms with Gasteiger partial charge in [0.15, 0.2) is 0 Å². The molecular formula is C11H14N2O. The Hall–Kier alpha value is -1.51. The normalized spacial score (nSPS) is 15.9. The number of nitrogens with two attached hydrogens (primary N) is 1. The topological polar surface area (TPSA) is 46.3 Å². The zero-order chi connectivity index (χ0) is 9.97. The number of benzene rings is 1. The summed E-state index contributed by atoms with van der Waals surface area (Å²) in [6.07, 6.45) is 2.47. The lowest BCUT2D eigenvalue weighted by molar-refractivity contribution is 0.100. The van der Waals surface area contributed by atoms with Gasteiger partial charge in [0.1, 0.15) is 0 Å². The standard InChI is InChI=1S/C11H14N2O/c12-11(14)9-4-3-5-10(8-9)13-6-1-2-7-13/h3-5,8H,1-2,6-7H2,(H2,12,14). The van der Waals surface area contributed by atoms with Crippen molar-refractivity contribution in [2.75, 3.05) is 18.0 Å². The van der Waals surface area contributed by atoms with Crippen LogP contribution >= 0.6 is 0 Å². The minimum atomic E-state index is -0.356. The van der Waals surface area contributed by atoms with E-state index in [2.05, 4.69) is 4.90 Å². The van der Waals surface area contributed by atoms with E-state index in [0.717, 1.165) is 18.8 Å². The van der Waals surface area contributed by atoms with Gasteiger partial charge in [0.2, 0.25) is 5.91 Å². The van der Waals surface area contributed by atoms with Gasteiger partial charge in [-0.15, -0.1) is 0 Å². The Morgan fingerprint density at radius 3 is 2.64 bits per heavy atom. The number of amides is 1. The maximum atomic E-state index is 11.0. The van der Waals surface area contributed by atoms with Crippen LogP contribution < -0.4 is 10.6 Å². The van der Waals surface area contributed by atoms with Crippen molar-refractivity contribution in [2.45, 2.75) is 12.8 Å². The van der Waals surface area contributed by atoms with Crippen molar-refractivity contribution in [2.24, 2.45) is 5.73 Å². The largest absolute Gasteiger partial charge is 0.372 e. The Morgan fingerprint density at radius 2 is 2.00 bits per heavy atom. The van der Waals surface area contributed by atoms with Gasteiger partial charge < -0.3 is 10.6 Å². The first-order chi connectivity index (χ1) is 6.77. The number of carbonyl (C=O) groups is 1. The Balaban J connectivity index is 2.25. The second kappa shape index (κ2) is 3.70. The van der Waals surface area contributed by atoms with Gasteiger partial charge in [-0.05, 0) is 31.0 Å². The van der Waals surface area contributed by atoms with Crippen LogP contribution in [0, 0.1) is 0 Å². The molecule has 1 aliphatic heterocycles. The van der Waals surface area contributed by atoms with Crippen molar-refractivity contribution in [1.29, 1.82) is 0 Å². The highest BCUT2D eigenvalue weighted by molar-refractivity contribution is 5.93. The fraction of sp³-hybridized carbons (Fsp3) is 0.364. The highest BCUT2D eigenvalue weighted by atomic mass is 16.1. The highest BCUT2D eigenvalue weighted by Crippen LogP contribution is 2.20. The van der Waals surface area contributed by atoms with Crippen LogP contribution in [-0.4, -0.2) is 19.0 Å². The molecule has 1 aromatic carbocycles. The van der Waals surface area contributed by atoms with E-state index in [1.165, 1.54) is 12.8 Å². The Labute approximate surface area is 83.5 Å². The first-order valence-corrected chi connectivity index (χ1v) is 4.92. The van der Waals surface area contributed by atoms with Crippen LogP contribution in [0.4, 0.5) is 5.69 Å². The molecule has 0 aromatic heterocycles. The maximum absolute atomic E-state index is 11.0. The lowest BCUT2D eigenvalue weighted by atomic mass is 10.2. The van der Waals surface area contributed by atoms with Crippen LogP contribution in [0.15, 0.2) is 24.3 Å². The molecule has 14 heavy (non-hydrogen) atoms. The zero-order valence-corrected chi connectivity index (χ0v) is 8.07. The maximum Gasteiger partial charge on any atom is 0.248 e. The van der Waals surface area contributed by atoms with E-state index in [9.17, 15) is 4.79 Å². The molecule has 2 rings (SSSR count).